The van der Waals surface area contributed by atoms with Gasteiger partial charge in [0.1, 0.15) is 22.7 Å². The molecule has 0 bridgehead atoms. The van der Waals surface area contributed by atoms with Crippen molar-refractivity contribution in [2.24, 2.45) is 5.92 Å². The second-order valence-electron chi connectivity index (χ2n) is 6.53. The Hall–Kier alpha value is -2.59. The number of anilines is 2. The number of hydroxylamine groups is 1. The first-order valence-corrected chi connectivity index (χ1v) is 9.33. The van der Waals surface area contributed by atoms with Crippen LogP contribution in [0.15, 0.2) is 27.2 Å². The van der Waals surface area contributed by atoms with Gasteiger partial charge in [-0.3, -0.25) is 9.63 Å². The van der Waals surface area contributed by atoms with Crippen molar-refractivity contribution in [2.45, 2.75) is 19.8 Å². The van der Waals surface area contributed by atoms with Gasteiger partial charge < -0.3 is 9.84 Å². The lowest BCUT2D eigenvalue weighted by molar-refractivity contribution is 0.0267. The molecule has 0 spiro atoms. The van der Waals surface area contributed by atoms with Crippen LogP contribution < -0.4 is 10.8 Å². The van der Waals surface area contributed by atoms with Crippen LogP contribution in [-0.2, 0) is 4.84 Å². The Bertz CT molecular complexity index is 1070. The van der Waals surface area contributed by atoms with Gasteiger partial charge >= 0.3 is 0 Å². The number of nitrogens with one attached hydrogen (secondary N) is 2. The third-order valence-electron chi connectivity index (χ3n) is 4.30. The summed E-state index contributed by atoms with van der Waals surface area (Å²) in [5.41, 5.74) is 1.79. The fourth-order valence-corrected chi connectivity index (χ4v) is 2.92. The molecule has 2 N–H and O–H groups in total. The summed E-state index contributed by atoms with van der Waals surface area (Å²) in [4.78, 5) is 21.9. The maximum absolute atomic E-state index is 15.1. The maximum atomic E-state index is 15.1. The number of aryl methyl sites for hydroxylation is 1. The Kier molecular flexibility index (Phi) is 4.98. The Morgan fingerprint density at radius 3 is 2.89 bits per heavy atom. The molecular formula is C18H15BrF2N4O3. The second-order valence-corrected chi connectivity index (χ2v) is 7.45. The number of hydrogen-bond donors (Lipinski definition) is 2. The lowest BCUT2D eigenvalue weighted by Crippen LogP contribution is -2.27. The minimum absolute atomic E-state index is 0.0348. The Balaban J connectivity index is 1.73. The first kappa shape index (κ1) is 18.8. The van der Waals surface area contributed by atoms with Gasteiger partial charge in [-0.1, -0.05) is 21.1 Å². The fourth-order valence-electron chi connectivity index (χ4n) is 2.59. The number of aromatic nitrogens is 2. The SMILES string of the molecule is Cc1noc2c(F)c(Nc3ccc(Br)cc3F)c(C(=O)NOCC3CC3)nc12. The molecule has 10 heteroatoms. The molecule has 1 fully saturated rings. The molecule has 1 aromatic carbocycles. The van der Waals surface area contributed by atoms with Gasteiger partial charge in [0.05, 0.1) is 12.3 Å². The lowest BCUT2D eigenvalue weighted by Gasteiger charge is -2.13. The number of carbonyl (C=O) groups excluding carboxylic acids is 1. The molecule has 28 heavy (non-hydrogen) atoms. The van der Waals surface area contributed by atoms with Crippen molar-refractivity contribution in [3.8, 4) is 0 Å². The summed E-state index contributed by atoms with van der Waals surface area (Å²) < 4.78 is 34.8. The van der Waals surface area contributed by atoms with Crippen molar-refractivity contribution in [3.63, 3.8) is 0 Å². The van der Waals surface area contributed by atoms with Gasteiger partial charge in [-0.05, 0) is 43.9 Å². The Labute approximate surface area is 166 Å². The Morgan fingerprint density at radius 2 is 2.18 bits per heavy atom. The normalized spacial score (nSPS) is 13.7. The predicted octanol–water partition coefficient (Wildman–Crippen LogP) is 4.39. The van der Waals surface area contributed by atoms with Crippen LogP contribution in [0.25, 0.3) is 11.1 Å². The molecule has 2 aromatic heterocycles. The average molecular weight is 453 g/mol. The molecule has 146 valence electrons. The van der Waals surface area contributed by atoms with E-state index in [-0.39, 0.29) is 28.2 Å². The minimum atomic E-state index is -0.903. The third kappa shape index (κ3) is 3.69. The van der Waals surface area contributed by atoms with Crippen LogP contribution in [-0.4, -0.2) is 22.7 Å². The van der Waals surface area contributed by atoms with E-state index < -0.39 is 17.5 Å². The van der Waals surface area contributed by atoms with Crippen molar-refractivity contribution in [1.82, 2.24) is 15.6 Å². The van der Waals surface area contributed by atoms with Gasteiger partial charge in [0.25, 0.3) is 5.91 Å². The molecule has 1 aliphatic carbocycles. The summed E-state index contributed by atoms with van der Waals surface area (Å²) >= 11 is 3.16. The summed E-state index contributed by atoms with van der Waals surface area (Å²) in [7, 11) is 0. The van der Waals surface area contributed by atoms with Crippen LogP contribution in [0.2, 0.25) is 0 Å². The fraction of sp³-hybridized carbons (Fsp3) is 0.278. The van der Waals surface area contributed by atoms with Gasteiger partial charge in [-0.15, -0.1) is 0 Å². The number of nitrogens with zero attached hydrogens (tertiary/aromatic N) is 2. The molecule has 2 heterocycles. The highest BCUT2D eigenvalue weighted by Gasteiger charge is 2.26. The molecule has 0 saturated heterocycles. The van der Waals surface area contributed by atoms with Gasteiger partial charge in [0.2, 0.25) is 5.58 Å². The average Bonchev–Trinajstić information content (AvgIpc) is 3.40. The number of carbonyl (C=O) groups is 1. The van der Waals surface area contributed by atoms with E-state index in [4.69, 9.17) is 9.36 Å². The second kappa shape index (κ2) is 7.44. The topological polar surface area (TPSA) is 89.3 Å². The van der Waals surface area contributed by atoms with Gasteiger partial charge in [-0.2, -0.15) is 0 Å². The van der Waals surface area contributed by atoms with Crippen LogP contribution in [0.5, 0.6) is 0 Å². The van der Waals surface area contributed by atoms with E-state index in [1.165, 1.54) is 12.1 Å². The highest BCUT2D eigenvalue weighted by Crippen LogP contribution is 2.32. The van der Waals surface area contributed by atoms with Crippen molar-refractivity contribution in [1.29, 1.82) is 0 Å². The molecule has 0 radical (unpaired) electrons. The molecule has 7 nitrogen and oxygen atoms in total. The minimum Gasteiger partial charge on any atom is -0.351 e. The van der Waals surface area contributed by atoms with E-state index in [2.05, 4.69) is 36.9 Å². The van der Waals surface area contributed by atoms with Crippen LogP contribution in [0.4, 0.5) is 20.2 Å². The smallest absolute Gasteiger partial charge is 0.295 e. The zero-order chi connectivity index (χ0) is 19.8. The first-order chi connectivity index (χ1) is 13.4. The highest BCUT2D eigenvalue weighted by atomic mass is 79.9. The molecule has 0 unspecified atom stereocenters. The van der Waals surface area contributed by atoms with E-state index in [9.17, 15) is 9.18 Å². The van der Waals surface area contributed by atoms with Crippen LogP contribution in [0.1, 0.15) is 29.0 Å². The summed E-state index contributed by atoms with van der Waals surface area (Å²) in [6, 6.07) is 4.19. The molecule has 1 saturated carbocycles. The van der Waals surface area contributed by atoms with E-state index in [0.717, 1.165) is 12.8 Å². The van der Waals surface area contributed by atoms with Gasteiger partial charge in [-0.25, -0.2) is 19.2 Å². The molecule has 1 amide bonds. The monoisotopic (exact) mass is 452 g/mol. The van der Waals surface area contributed by atoms with Crippen LogP contribution in [0.3, 0.4) is 0 Å². The third-order valence-corrected chi connectivity index (χ3v) is 4.79. The molecule has 0 atom stereocenters. The van der Waals surface area contributed by atoms with E-state index in [1.807, 2.05) is 0 Å². The van der Waals surface area contributed by atoms with Crippen molar-refractivity contribution in [2.75, 3.05) is 11.9 Å². The van der Waals surface area contributed by atoms with E-state index in [0.29, 0.717) is 22.7 Å². The first-order valence-electron chi connectivity index (χ1n) is 8.53. The zero-order valence-electron chi connectivity index (χ0n) is 14.7. The molecular weight excluding hydrogens is 438 g/mol. The number of pyridine rings is 1. The zero-order valence-corrected chi connectivity index (χ0v) is 16.3. The molecule has 1 aliphatic rings. The number of halogens is 3. The maximum Gasteiger partial charge on any atom is 0.295 e. The number of amides is 1. The summed E-state index contributed by atoms with van der Waals surface area (Å²) in [5.74, 6) is -1.89. The number of fused-ring (bicyclic) bond motifs is 1. The lowest BCUT2D eigenvalue weighted by atomic mass is 10.2. The van der Waals surface area contributed by atoms with Crippen LogP contribution >= 0.6 is 15.9 Å². The highest BCUT2D eigenvalue weighted by molar-refractivity contribution is 9.10. The largest absolute Gasteiger partial charge is 0.351 e. The van der Waals surface area contributed by atoms with Crippen molar-refractivity contribution < 1.29 is 22.9 Å². The number of rotatable bonds is 6. The van der Waals surface area contributed by atoms with E-state index >= 15 is 4.39 Å². The quantitative estimate of drug-likeness (QED) is 0.539. The number of benzene rings is 1. The number of hydrogen-bond acceptors (Lipinski definition) is 6. The van der Waals surface area contributed by atoms with Crippen molar-refractivity contribution >= 4 is 44.3 Å². The summed E-state index contributed by atoms with van der Waals surface area (Å²) in [5, 5.41) is 6.27. The Morgan fingerprint density at radius 1 is 1.39 bits per heavy atom. The standard InChI is InChI=1S/C18H15BrF2N4O3/c1-8-14-17(28-24-8)13(21)15(22-12-5-4-10(19)6-11(12)20)16(23-14)18(26)25-27-7-9-2-3-9/h4-6,9,22H,2-3,7H2,1H3,(H,25,26). The van der Waals surface area contributed by atoms with Crippen molar-refractivity contribution in [3.05, 3.63) is 45.7 Å². The predicted molar refractivity (Wildman–Crippen MR) is 100 cm³/mol. The van der Waals surface area contributed by atoms with Gasteiger partial charge in [0.15, 0.2) is 11.5 Å². The summed E-state index contributed by atoms with van der Waals surface area (Å²) in [6.45, 7) is 1.94. The molecule has 3 aromatic rings. The molecule has 0 aliphatic heterocycles. The van der Waals surface area contributed by atoms with Crippen LogP contribution in [0, 0.1) is 24.5 Å². The van der Waals surface area contributed by atoms with E-state index in [1.54, 1.807) is 13.0 Å². The summed E-state index contributed by atoms with van der Waals surface area (Å²) in [6.07, 6.45) is 2.09. The molecule has 4 rings (SSSR count). The van der Waals surface area contributed by atoms with Gasteiger partial charge in [0, 0.05) is 4.47 Å².